The maximum atomic E-state index is 4.26. The third kappa shape index (κ3) is 1.97. The molecule has 16 heavy (non-hydrogen) atoms. The number of benzene rings is 1. The van der Waals surface area contributed by atoms with Gasteiger partial charge < -0.3 is 5.32 Å². The molecule has 0 aliphatic carbocycles. The molecule has 1 aromatic heterocycles. The first-order valence-electron chi connectivity index (χ1n) is 5.33. The number of hydrogen-bond donors (Lipinski definition) is 1. The minimum absolute atomic E-state index is 0.716. The van der Waals surface area contributed by atoms with E-state index in [1.54, 1.807) is 6.33 Å². The molecule has 4 heteroatoms. The Morgan fingerprint density at radius 2 is 2.12 bits per heavy atom. The van der Waals surface area contributed by atoms with Crippen molar-refractivity contribution in [3.8, 4) is 5.69 Å². The topological polar surface area (TPSA) is 42.7 Å². The molecule has 0 atom stereocenters. The minimum atomic E-state index is 0.716. The van der Waals surface area contributed by atoms with Gasteiger partial charge in [0.1, 0.15) is 12.2 Å². The Bertz CT molecular complexity index is 488. The molecule has 0 amide bonds. The summed E-state index contributed by atoms with van der Waals surface area (Å²) >= 11 is 0. The molecule has 0 aliphatic rings. The van der Waals surface area contributed by atoms with Gasteiger partial charge in [0, 0.05) is 0 Å². The summed E-state index contributed by atoms with van der Waals surface area (Å²) in [6.07, 6.45) is 1.59. The Kier molecular flexibility index (Phi) is 3.01. The van der Waals surface area contributed by atoms with Crippen molar-refractivity contribution in [2.45, 2.75) is 20.4 Å². The number of aromatic nitrogens is 3. The van der Waals surface area contributed by atoms with Gasteiger partial charge in [0.15, 0.2) is 0 Å². The lowest BCUT2D eigenvalue weighted by atomic mass is 10.1. The zero-order valence-corrected chi connectivity index (χ0v) is 9.86. The molecule has 0 radical (unpaired) electrons. The fourth-order valence-corrected chi connectivity index (χ4v) is 1.79. The maximum absolute atomic E-state index is 4.26. The van der Waals surface area contributed by atoms with Crippen LogP contribution in [0.3, 0.4) is 0 Å². The van der Waals surface area contributed by atoms with Crippen LogP contribution in [0.1, 0.15) is 17.0 Å². The zero-order chi connectivity index (χ0) is 11.5. The van der Waals surface area contributed by atoms with Gasteiger partial charge in [0.25, 0.3) is 0 Å². The molecule has 1 heterocycles. The van der Waals surface area contributed by atoms with Gasteiger partial charge in [-0.15, -0.1) is 0 Å². The average molecular weight is 216 g/mol. The Hall–Kier alpha value is -1.68. The van der Waals surface area contributed by atoms with E-state index in [1.807, 2.05) is 11.7 Å². The molecule has 0 saturated carbocycles. The maximum Gasteiger partial charge on any atom is 0.146 e. The Labute approximate surface area is 95.3 Å². The van der Waals surface area contributed by atoms with Crippen LogP contribution in [-0.4, -0.2) is 21.8 Å². The first-order chi connectivity index (χ1) is 7.72. The summed E-state index contributed by atoms with van der Waals surface area (Å²) in [7, 11) is 1.90. The molecule has 0 unspecified atom stereocenters. The quantitative estimate of drug-likeness (QED) is 0.847. The van der Waals surface area contributed by atoms with Gasteiger partial charge in [-0.05, 0) is 32.5 Å². The summed E-state index contributed by atoms with van der Waals surface area (Å²) in [5.41, 5.74) is 3.56. The standard InChI is InChI=1S/C12H16N4/c1-9-4-5-11(10(2)6-9)16-12(7-13-3)14-8-15-16/h4-6,8,13H,7H2,1-3H3. The third-order valence-electron chi connectivity index (χ3n) is 2.53. The van der Waals surface area contributed by atoms with Crippen molar-refractivity contribution in [2.75, 3.05) is 7.05 Å². The highest BCUT2D eigenvalue weighted by Gasteiger charge is 2.07. The van der Waals surface area contributed by atoms with Crippen molar-refractivity contribution < 1.29 is 0 Å². The van der Waals surface area contributed by atoms with E-state index in [4.69, 9.17) is 0 Å². The highest BCUT2D eigenvalue weighted by molar-refractivity contribution is 5.42. The lowest BCUT2D eigenvalue weighted by Crippen LogP contribution is -2.12. The van der Waals surface area contributed by atoms with Crippen molar-refractivity contribution in [3.05, 3.63) is 41.5 Å². The van der Waals surface area contributed by atoms with Gasteiger partial charge in [0.05, 0.1) is 12.2 Å². The molecule has 4 nitrogen and oxygen atoms in total. The smallest absolute Gasteiger partial charge is 0.146 e. The SMILES string of the molecule is CNCc1ncnn1-c1ccc(C)cc1C. The molecular formula is C12H16N4. The van der Waals surface area contributed by atoms with Crippen molar-refractivity contribution in [1.29, 1.82) is 0 Å². The van der Waals surface area contributed by atoms with Crippen LogP contribution < -0.4 is 5.32 Å². The lowest BCUT2D eigenvalue weighted by molar-refractivity contribution is 0.710. The first kappa shape index (κ1) is 10.8. The van der Waals surface area contributed by atoms with Gasteiger partial charge >= 0.3 is 0 Å². The predicted molar refractivity (Wildman–Crippen MR) is 63.6 cm³/mol. The second-order valence-corrected chi connectivity index (χ2v) is 3.91. The Morgan fingerprint density at radius 1 is 1.31 bits per heavy atom. The summed E-state index contributed by atoms with van der Waals surface area (Å²) in [5.74, 6) is 0.925. The molecule has 2 aromatic rings. The summed E-state index contributed by atoms with van der Waals surface area (Å²) in [6.45, 7) is 4.90. The molecule has 2 rings (SSSR count). The van der Waals surface area contributed by atoms with E-state index in [1.165, 1.54) is 11.1 Å². The minimum Gasteiger partial charge on any atom is -0.313 e. The second kappa shape index (κ2) is 4.45. The van der Waals surface area contributed by atoms with Crippen LogP contribution in [0.2, 0.25) is 0 Å². The summed E-state index contributed by atoms with van der Waals surface area (Å²) in [4.78, 5) is 4.24. The van der Waals surface area contributed by atoms with E-state index in [9.17, 15) is 0 Å². The molecule has 1 aromatic carbocycles. The number of aryl methyl sites for hydroxylation is 2. The van der Waals surface area contributed by atoms with Crippen molar-refractivity contribution >= 4 is 0 Å². The fraction of sp³-hybridized carbons (Fsp3) is 0.333. The van der Waals surface area contributed by atoms with Gasteiger partial charge in [-0.3, -0.25) is 0 Å². The molecule has 0 saturated heterocycles. The molecule has 0 fully saturated rings. The van der Waals surface area contributed by atoms with E-state index in [2.05, 4.69) is 47.4 Å². The molecular weight excluding hydrogens is 200 g/mol. The van der Waals surface area contributed by atoms with Crippen LogP contribution in [-0.2, 0) is 6.54 Å². The Balaban J connectivity index is 2.46. The largest absolute Gasteiger partial charge is 0.313 e. The molecule has 1 N–H and O–H groups in total. The highest BCUT2D eigenvalue weighted by Crippen LogP contribution is 2.15. The third-order valence-corrected chi connectivity index (χ3v) is 2.53. The van der Waals surface area contributed by atoms with Crippen LogP contribution in [0.25, 0.3) is 5.69 Å². The van der Waals surface area contributed by atoms with Crippen LogP contribution in [0, 0.1) is 13.8 Å². The Morgan fingerprint density at radius 3 is 2.81 bits per heavy atom. The van der Waals surface area contributed by atoms with Crippen molar-refractivity contribution in [1.82, 2.24) is 20.1 Å². The van der Waals surface area contributed by atoms with Crippen molar-refractivity contribution in [2.24, 2.45) is 0 Å². The van der Waals surface area contributed by atoms with E-state index in [0.29, 0.717) is 6.54 Å². The number of nitrogens with one attached hydrogen (secondary N) is 1. The molecule has 0 aliphatic heterocycles. The van der Waals surface area contributed by atoms with Gasteiger partial charge in [0.2, 0.25) is 0 Å². The normalized spacial score (nSPS) is 10.7. The van der Waals surface area contributed by atoms with Crippen LogP contribution in [0.5, 0.6) is 0 Å². The van der Waals surface area contributed by atoms with Crippen molar-refractivity contribution in [3.63, 3.8) is 0 Å². The summed E-state index contributed by atoms with van der Waals surface area (Å²) in [6, 6.07) is 6.33. The van der Waals surface area contributed by atoms with Gasteiger partial charge in [-0.25, -0.2) is 9.67 Å². The fourth-order valence-electron chi connectivity index (χ4n) is 1.79. The van der Waals surface area contributed by atoms with Gasteiger partial charge in [-0.1, -0.05) is 17.7 Å². The van der Waals surface area contributed by atoms with Gasteiger partial charge in [-0.2, -0.15) is 5.10 Å². The van der Waals surface area contributed by atoms with E-state index in [0.717, 1.165) is 11.5 Å². The molecule has 0 spiro atoms. The second-order valence-electron chi connectivity index (χ2n) is 3.91. The van der Waals surface area contributed by atoms with E-state index in [-0.39, 0.29) is 0 Å². The average Bonchev–Trinajstić information content (AvgIpc) is 2.67. The summed E-state index contributed by atoms with van der Waals surface area (Å²) < 4.78 is 1.88. The van der Waals surface area contributed by atoms with Crippen LogP contribution in [0.15, 0.2) is 24.5 Å². The molecule has 0 bridgehead atoms. The highest BCUT2D eigenvalue weighted by atomic mass is 15.3. The zero-order valence-electron chi connectivity index (χ0n) is 9.86. The monoisotopic (exact) mass is 216 g/mol. The predicted octanol–water partition coefficient (Wildman–Crippen LogP) is 1.60. The molecule has 84 valence electrons. The summed E-state index contributed by atoms with van der Waals surface area (Å²) in [5, 5.41) is 7.35. The van der Waals surface area contributed by atoms with E-state index >= 15 is 0 Å². The lowest BCUT2D eigenvalue weighted by Gasteiger charge is -2.09. The number of hydrogen-bond acceptors (Lipinski definition) is 3. The van der Waals surface area contributed by atoms with Crippen LogP contribution >= 0.6 is 0 Å². The number of nitrogens with zero attached hydrogens (tertiary/aromatic N) is 3. The first-order valence-corrected chi connectivity index (χ1v) is 5.33. The van der Waals surface area contributed by atoms with Crippen LogP contribution in [0.4, 0.5) is 0 Å². The number of rotatable bonds is 3. The van der Waals surface area contributed by atoms with E-state index < -0.39 is 0 Å².